The van der Waals surface area contributed by atoms with Gasteiger partial charge in [-0.3, -0.25) is 0 Å². The van der Waals surface area contributed by atoms with Crippen LogP contribution in [0.5, 0.6) is 0 Å². The maximum absolute atomic E-state index is 10.1. The maximum Gasteiger partial charge on any atom is 0.146 e. The number of aliphatic hydroxyl groups is 1. The van der Waals surface area contributed by atoms with Crippen LogP contribution < -0.4 is 0 Å². The van der Waals surface area contributed by atoms with E-state index in [4.69, 9.17) is 4.42 Å². The SMILES string of the molecule is CCc1ccc(C(O)c2ccc(CC)s2)o1. The third-order valence-corrected chi connectivity index (χ3v) is 3.88. The topological polar surface area (TPSA) is 33.4 Å². The summed E-state index contributed by atoms with van der Waals surface area (Å²) in [6.07, 6.45) is 1.25. The quantitative estimate of drug-likeness (QED) is 0.880. The largest absolute Gasteiger partial charge is 0.463 e. The molecule has 0 aliphatic carbocycles. The molecule has 16 heavy (non-hydrogen) atoms. The molecule has 0 saturated heterocycles. The van der Waals surface area contributed by atoms with Crippen LogP contribution in [-0.2, 0) is 12.8 Å². The van der Waals surface area contributed by atoms with Crippen molar-refractivity contribution in [2.75, 3.05) is 0 Å². The van der Waals surface area contributed by atoms with Gasteiger partial charge >= 0.3 is 0 Å². The molecule has 1 N–H and O–H groups in total. The van der Waals surface area contributed by atoms with Crippen LogP contribution in [0.15, 0.2) is 28.7 Å². The van der Waals surface area contributed by atoms with Crippen LogP contribution in [0, 0.1) is 0 Å². The van der Waals surface area contributed by atoms with E-state index >= 15 is 0 Å². The van der Waals surface area contributed by atoms with E-state index in [0.717, 1.165) is 23.5 Å². The second kappa shape index (κ2) is 4.85. The minimum atomic E-state index is -0.620. The number of rotatable bonds is 4. The third-order valence-electron chi connectivity index (χ3n) is 2.60. The van der Waals surface area contributed by atoms with Gasteiger partial charge in [-0.05, 0) is 30.7 Å². The highest BCUT2D eigenvalue weighted by atomic mass is 32.1. The Morgan fingerprint density at radius 3 is 2.56 bits per heavy atom. The van der Waals surface area contributed by atoms with E-state index in [1.807, 2.05) is 25.1 Å². The molecule has 0 radical (unpaired) electrons. The highest BCUT2D eigenvalue weighted by molar-refractivity contribution is 7.12. The standard InChI is InChI=1S/C13H16O2S/c1-3-9-5-7-11(15-9)13(14)12-8-6-10(4-2)16-12/h5-8,13-14H,3-4H2,1-2H3. The summed E-state index contributed by atoms with van der Waals surface area (Å²) in [5, 5.41) is 10.1. The van der Waals surface area contributed by atoms with Crippen molar-refractivity contribution in [1.29, 1.82) is 0 Å². The third kappa shape index (κ3) is 2.20. The first-order valence-corrected chi connectivity index (χ1v) is 6.41. The Kier molecular flexibility index (Phi) is 3.46. The fourth-order valence-corrected chi connectivity index (χ4v) is 2.55. The molecule has 2 rings (SSSR count). The minimum Gasteiger partial charge on any atom is -0.463 e. The lowest BCUT2D eigenvalue weighted by Gasteiger charge is -2.04. The van der Waals surface area contributed by atoms with Gasteiger partial charge < -0.3 is 9.52 Å². The molecule has 0 aliphatic heterocycles. The molecule has 1 atom stereocenters. The Bertz CT molecular complexity index is 414. The van der Waals surface area contributed by atoms with Crippen molar-refractivity contribution in [3.8, 4) is 0 Å². The molecule has 2 aromatic rings. The van der Waals surface area contributed by atoms with Crippen molar-refractivity contribution in [3.63, 3.8) is 0 Å². The van der Waals surface area contributed by atoms with Crippen molar-refractivity contribution in [1.82, 2.24) is 0 Å². The molecular formula is C13H16O2S. The summed E-state index contributed by atoms with van der Waals surface area (Å²) in [6.45, 7) is 4.15. The van der Waals surface area contributed by atoms with Crippen LogP contribution in [0.1, 0.15) is 41.2 Å². The lowest BCUT2D eigenvalue weighted by molar-refractivity contribution is 0.190. The van der Waals surface area contributed by atoms with E-state index in [0.29, 0.717) is 5.76 Å². The van der Waals surface area contributed by atoms with Crippen molar-refractivity contribution in [2.45, 2.75) is 32.8 Å². The van der Waals surface area contributed by atoms with Gasteiger partial charge in [0.05, 0.1) is 0 Å². The van der Waals surface area contributed by atoms with Crippen molar-refractivity contribution < 1.29 is 9.52 Å². The molecule has 3 heteroatoms. The summed E-state index contributed by atoms with van der Waals surface area (Å²) in [4.78, 5) is 2.24. The van der Waals surface area contributed by atoms with Gasteiger partial charge in [0, 0.05) is 16.2 Å². The van der Waals surface area contributed by atoms with Gasteiger partial charge in [0.1, 0.15) is 17.6 Å². The Hall–Kier alpha value is -1.06. The van der Waals surface area contributed by atoms with E-state index in [1.165, 1.54) is 4.88 Å². The fourth-order valence-electron chi connectivity index (χ4n) is 1.60. The van der Waals surface area contributed by atoms with Gasteiger partial charge in [0.2, 0.25) is 0 Å². The van der Waals surface area contributed by atoms with Crippen molar-refractivity contribution in [2.24, 2.45) is 0 Å². The average Bonchev–Trinajstić information content (AvgIpc) is 2.97. The number of hydrogen-bond donors (Lipinski definition) is 1. The van der Waals surface area contributed by atoms with Crippen LogP contribution in [-0.4, -0.2) is 5.11 Å². The normalized spacial score (nSPS) is 12.9. The zero-order valence-electron chi connectivity index (χ0n) is 9.56. The molecule has 0 saturated carbocycles. The van der Waals surface area contributed by atoms with Gasteiger partial charge in [0.25, 0.3) is 0 Å². The lowest BCUT2D eigenvalue weighted by Crippen LogP contribution is -1.94. The first kappa shape index (κ1) is 11.4. The Morgan fingerprint density at radius 1 is 1.19 bits per heavy atom. The molecule has 0 bridgehead atoms. The second-order valence-corrected chi connectivity index (χ2v) is 4.92. The highest BCUT2D eigenvalue weighted by Crippen LogP contribution is 2.29. The summed E-state index contributed by atoms with van der Waals surface area (Å²) in [7, 11) is 0. The van der Waals surface area contributed by atoms with Crippen molar-refractivity contribution >= 4 is 11.3 Å². The molecule has 86 valence electrons. The van der Waals surface area contributed by atoms with Crippen LogP contribution in [0.25, 0.3) is 0 Å². The molecule has 0 aliphatic rings. The van der Waals surface area contributed by atoms with E-state index in [-0.39, 0.29) is 0 Å². The second-order valence-electron chi connectivity index (χ2n) is 3.72. The number of thiophene rings is 1. The van der Waals surface area contributed by atoms with Crippen LogP contribution >= 0.6 is 11.3 Å². The molecular weight excluding hydrogens is 220 g/mol. The maximum atomic E-state index is 10.1. The van der Waals surface area contributed by atoms with Gasteiger partial charge in [-0.2, -0.15) is 0 Å². The first-order valence-electron chi connectivity index (χ1n) is 5.59. The Labute approximate surface area is 99.5 Å². The average molecular weight is 236 g/mol. The number of furan rings is 1. The summed E-state index contributed by atoms with van der Waals surface area (Å²) < 4.78 is 5.55. The number of hydrogen-bond acceptors (Lipinski definition) is 3. The molecule has 1 unspecified atom stereocenters. The predicted octanol–water partition coefficient (Wildman–Crippen LogP) is 3.55. The molecule has 2 heterocycles. The monoisotopic (exact) mass is 236 g/mol. The highest BCUT2D eigenvalue weighted by Gasteiger charge is 2.16. The zero-order chi connectivity index (χ0) is 11.5. The van der Waals surface area contributed by atoms with Crippen LogP contribution in [0.3, 0.4) is 0 Å². The molecule has 2 aromatic heterocycles. The smallest absolute Gasteiger partial charge is 0.146 e. The zero-order valence-corrected chi connectivity index (χ0v) is 10.4. The van der Waals surface area contributed by atoms with Crippen molar-refractivity contribution in [3.05, 3.63) is 45.5 Å². The molecule has 0 aromatic carbocycles. The molecule has 0 amide bonds. The summed E-state index contributed by atoms with van der Waals surface area (Å²) in [5.41, 5.74) is 0. The minimum absolute atomic E-state index is 0.620. The first-order chi connectivity index (χ1) is 7.74. The lowest BCUT2D eigenvalue weighted by atomic mass is 10.2. The molecule has 2 nitrogen and oxygen atoms in total. The summed E-state index contributed by atoms with van der Waals surface area (Å²) >= 11 is 1.64. The Balaban J connectivity index is 2.20. The van der Waals surface area contributed by atoms with Gasteiger partial charge in [-0.25, -0.2) is 0 Å². The Morgan fingerprint density at radius 2 is 2.00 bits per heavy atom. The fraction of sp³-hybridized carbons (Fsp3) is 0.385. The van der Waals surface area contributed by atoms with E-state index in [1.54, 1.807) is 11.3 Å². The van der Waals surface area contributed by atoms with Gasteiger partial charge in [-0.1, -0.05) is 13.8 Å². The van der Waals surface area contributed by atoms with Crippen LogP contribution in [0.4, 0.5) is 0 Å². The number of aliphatic hydroxyl groups excluding tert-OH is 1. The van der Waals surface area contributed by atoms with E-state index in [9.17, 15) is 5.11 Å². The van der Waals surface area contributed by atoms with E-state index < -0.39 is 6.10 Å². The van der Waals surface area contributed by atoms with Crippen LogP contribution in [0.2, 0.25) is 0 Å². The summed E-state index contributed by atoms with van der Waals surface area (Å²) in [6, 6.07) is 7.82. The molecule has 0 spiro atoms. The van der Waals surface area contributed by atoms with Gasteiger partial charge in [-0.15, -0.1) is 11.3 Å². The van der Waals surface area contributed by atoms with E-state index in [2.05, 4.69) is 13.0 Å². The summed E-state index contributed by atoms with van der Waals surface area (Å²) in [5.74, 6) is 1.56. The van der Waals surface area contributed by atoms with Gasteiger partial charge in [0.15, 0.2) is 0 Å². The predicted molar refractivity (Wildman–Crippen MR) is 65.8 cm³/mol. The number of aryl methyl sites for hydroxylation is 2. The molecule has 0 fully saturated rings.